The van der Waals surface area contributed by atoms with E-state index in [1.54, 1.807) is 22.8 Å². The zero-order valence-corrected chi connectivity index (χ0v) is 40.2. The predicted molar refractivity (Wildman–Crippen MR) is 279 cm³/mol. The Labute approximate surface area is 435 Å². The van der Waals surface area contributed by atoms with Gasteiger partial charge in [-0.05, 0) is 102 Å². The number of benzene rings is 9. The molecule has 5 nitrogen and oxygen atoms in total. The Bertz CT molecular complexity index is 4540. The van der Waals surface area contributed by atoms with Crippen molar-refractivity contribution < 1.29 is 44.1 Å². The first-order valence-corrected chi connectivity index (χ1v) is 22.6. The average molecular weight is 1090 g/mol. The van der Waals surface area contributed by atoms with Crippen molar-refractivity contribution in [2.24, 2.45) is 0 Å². The normalized spacial score (nSPS) is 13.8. The number of aromatic nitrogens is 4. The number of nitrogens with zero attached hydrogens (tertiary/aromatic N) is 4. The van der Waals surface area contributed by atoms with E-state index in [0.717, 1.165) is 55.4 Å². The van der Waals surface area contributed by atoms with Crippen molar-refractivity contribution in [3.05, 3.63) is 236 Å². The van der Waals surface area contributed by atoms with Gasteiger partial charge in [-0.15, -0.1) is 29.7 Å². The second-order valence-corrected chi connectivity index (χ2v) is 18.0. The summed E-state index contributed by atoms with van der Waals surface area (Å²) in [5.41, 5.74) is 9.75. The summed E-state index contributed by atoms with van der Waals surface area (Å²) in [5.74, 6) is 1.48. The first kappa shape index (κ1) is 33.4. The topological polar surface area (TPSA) is 35.9 Å². The first-order valence-electron chi connectivity index (χ1n) is 27.6. The molecule has 1 aliphatic rings. The fourth-order valence-electron chi connectivity index (χ4n) is 9.74. The Morgan fingerprint density at radius 1 is 0.543 bits per heavy atom. The van der Waals surface area contributed by atoms with Crippen LogP contribution in [0, 0.1) is 18.5 Å². The van der Waals surface area contributed by atoms with Crippen molar-refractivity contribution in [1.82, 2.24) is 14.1 Å². The molecule has 0 aliphatic carbocycles. The van der Waals surface area contributed by atoms with E-state index in [2.05, 4.69) is 62.0 Å². The van der Waals surface area contributed by atoms with E-state index in [0.29, 0.717) is 56.2 Å². The van der Waals surface area contributed by atoms with Crippen LogP contribution in [0.3, 0.4) is 0 Å². The Balaban J connectivity index is 0.00000637. The van der Waals surface area contributed by atoms with Gasteiger partial charge in [-0.2, -0.15) is 18.2 Å². The number of fused-ring (bicyclic) bond motifs is 10. The predicted octanol–water partition coefficient (Wildman–Crippen LogP) is 15.5. The molecule has 3 aromatic heterocycles. The maximum atomic E-state index is 9.30. The standard InChI is InChI=1S/C64H44N4O.Pt/c1-64(2,3)45-34-35-65-61(38-45)68-58-31-15-14-28-54(58)55-33-32-48(40-59(55)68)69-47-23-16-22-46(39-47)66-41-67-62-49(43-20-8-5-9-21-43)29-17-30-56(62)52-26-12-10-24-50(52)51-25-11-13-27-53(51)57-36-44(37-60(66)63(57)67)42-18-6-4-7-19-42;/h4-38H,1-3H3;/q-2;/i4D,5D,6D,7D,8D,9D,18D,19D,20D,21D;. The number of hydrogen-bond acceptors (Lipinski definition) is 2. The van der Waals surface area contributed by atoms with Crippen LogP contribution in [-0.2, 0) is 26.5 Å². The van der Waals surface area contributed by atoms with Gasteiger partial charge in [0, 0.05) is 44.3 Å². The van der Waals surface area contributed by atoms with Crippen molar-refractivity contribution in [2.75, 3.05) is 0 Å². The summed E-state index contributed by atoms with van der Waals surface area (Å²) in [6, 6.07) is 49.0. The second-order valence-electron chi connectivity index (χ2n) is 18.0. The van der Waals surface area contributed by atoms with E-state index >= 15 is 0 Å². The van der Waals surface area contributed by atoms with E-state index in [1.165, 1.54) is 0 Å². The van der Waals surface area contributed by atoms with Gasteiger partial charge in [0.15, 0.2) is 0 Å². The Morgan fingerprint density at radius 3 is 1.91 bits per heavy atom. The van der Waals surface area contributed by atoms with Crippen LogP contribution in [0.1, 0.15) is 40.0 Å². The fourth-order valence-corrected chi connectivity index (χ4v) is 9.74. The number of ether oxygens (including phenoxy) is 1. The third-order valence-corrected chi connectivity index (χ3v) is 12.9. The van der Waals surface area contributed by atoms with E-state index in [-0.39, 0.29) is 61.8 Å². The molecule has 0 bridgehead atoms. The maximum Gasteiger partial charge on any atom is 0.268 e. The van der Waals surface area contributed by atoms with E-state index < -0.39 is 36.3 Å². The molecule has 12 aromatic rings. The molecule has 1 aliphatic heterocycles. The van der Waals surface area contributed by atoms with Crippen LogP contribution in [0.2, 0.25) is 0 Å². The molecule has 6 heteroatoms. The van der Waals surface area contributed by atoms with Crippen LogP contribution in [-0.4, -0.2) is 14.1 Å². The van der Waals surface area contributed by atoms with Gasteiger partial charge in [0.25, 0.3) is 6.33 Å². The van der Waals surface area contributed by atoms with Gasteiger partial charge in [-0.3, -0.25) is 4.57 Å². The molecule has 13 rings (SSSR count). The molecule has 0 unspecified atom stereocenters. The van der Waals surface area contributed by atoms with Crippen LogP contribution in [0.4, 0.5) is 0 Å². The number of imidazole rings is 1. The molecule has 0 atom stereocenters. The van der Waals surface area contributed by atoms with E-state index in [4.69, 9.17) is 17.9 Å². The summed E-state index contributed by atoms with van der Waals surface area (Å²) in [7, 11) is 0. The van der Waals surface area contributed by atoms with Gasteiger partial charge in [-0.25, -0.2) is 4.98 Å². The van der Waals surface area contributed by atoms with E-state index in [1.807, 2.05) is 120 Å². The van der Waals surface area contributed by atoms with Crippen molar-refractivity contribution in [3.8, 4) is 84.3 Å². The molecular formula is C64H44N4OPt-2. The summed E-state index contributed by atoms with van der Waals surface area (Å²) in [6.45, 7) is 6.51. The van der Waals surface area contributed by atoms with Gasteiger partial charge in [0.1, 0.15) is 5.82 Å². The summed E-state index contributed by atoms with van der Waals surface area (Å²) in [5, 5.41) is 2.00. The quantitative estimate of drug-likeness (QED) is 0.123. The summed E-state index contributed by atoms with van der Waals surface area (Å²) in [6.07, 6.45) is 5.47. The second kappa shape index (κ2) is 17.1. The first-order chi connectivity index (χ1) is 38.0. The van der Waals surface area contributed by atoms with Gasteiger partial charge >= 0.3 is 0 Å². The summed E-state index contributed by atoms with van der Waals surface area (Å²) < 4.78 is 102. The molecule has 0 radical (unpaired) electrons. The molecule has 0 saturated heterocycles. The van der Waals surface area contributed by atoms with Crippen molar-refractivity contribution in [3.63, 3.8) is 0 Å². The van der Waals surface area contributed by atoms with Crippen molar-refractivity contribution in [1.29, 1.82) is 0 Å². The van der Waals surface area contributed by atoms with Crippen LogP contribution < -0.4 is 9.30 Å². The van der Waals surface area contributed by atoms with Crippen LogP contribution in [0.25, 0.3) is 106 Å². The third-order valence-electron chi connectivity index (χ3n) is 12.9. The summed E-state index contributed by atoms with van der Waals surface area (Å²) in [4.78, 5) is 4.84. The van der Waals surface area contributed by atoms with Crippen molar-refractivity contribution in [2.45, 2.75) is 26.2 Å². The van der Waals surface area contributed by atoms with Crippen molar-refractivity contribution >= 4 is 32.8 Å². The number of para-hydroxylation sites is 2. The van der Waals surface area contributed by atoms with Gasteiger partial charge in [0.2, 0.25) is 0 Å². The van der Waals surface area contributed by atoms with Crippen LogP contribution in [0.5, 0.6) is 11.5 Å². The largest absolute Gasteiger partial charge is 0.510 e. The molecule has 0 saturated carbocycles. The van der Waals surface area contributed by atoms with Crippen LogP contribution >= 0.6 is 0 Å². The Morgan fingerprint density at radius 2 is 1.17 bits per heavy atom. The SMILES string of the molecule is [2H]c1c([2H])c([2H])c(-c2cc3c4c(c2)n(-c2[c-]c(Oc5[c-]c6c(cc5)c5ccccc5n6-c5cc(C(C)(C)C)ccn5)ccc2)[c-][n+]4-c2c(cccc2-c2c([2H])c([2H])c([2H])c([2H])c2[2H])-c2ccccc2-c2ccccc2-3)c([2H])c1[2H].[Pt]. The molecule has 0 spiro atoms. The van der Waals surface area contributed by atoms with Gasteiger partial charge in [0.05, 0.1) is 30.4 Å². The minimum absolute atomic E-state index is 0. The average Bonchev–Trinajstić information content (AvgIpc) is 4.22. The maximum absolute atomic E-state index is 9.30. The molecule has 338 valence electrons. The third kappa shape index (κ3) is 7.20. The minimum atomic E-state index is -0.520. The number of rotatable bonds is 6. The minimum Gasteiger partial charge on any atom is -0.510 e. The molecule has 9 aromatic carbocycles. The Hall–Kier alpha value is -8.11. The zero-order chi connectivity index (χ0) is 54.9. The number of hydrogen-bond donors (Lipinski definition) is 0. The van der Waals surface area contributed by atoms with Gasteiger partial charge < -0.3 is 13.9 Å². The molecule has 4 heterocycles. The molecule has 0 fully saturated rings. The van der Waals surface area contributed by atoms with Crippen LogP contribution in [0.15, 0.2) is 212 Å². The Kier molecular flexibility index (Phi) is 8.18. The monoisotopic (exact) mass is 1090 g/mol. The van der Waals surface area contributed by atoms with E-state index in [9.17, 15) is 5.48 Å². The molecule has 0 N–H and O–H groups in total. The number of pyridine rings is 1. The fraction of sp³-hybridized carbons (Fsp3) is 0.0625. The molecule has 0 amide bonds. The smallest absolute Gasteiger partial charge is 0.268 e. The summed E-state index contributed by atoms with van der Waals surface area (Å²) >= 11 is 0. The molecular weight excluding hydrogens is 1040 g/mol. The zero-order valence-electron chi connectivity index (χ0n) is 47.9. The van der Waals surface area contributed by atoms with Gasteiger partial charge in [-0.1, -0.05) is 178 Å². The molecule has 70 heavy (non-hydrogen) atoms.